The average Bonchev–Trinajstić information content (AvgIpc) is 2.57. The molecule has 2 heterocycles. The minimum absolute atomic E-state index is 0. The first-order valence-corrected chi connectivity index (χ1v) is 9.13. The monoisotopic (exact) mass is 432 g/mol. The molecule has 0 aromatic carbocycles. The molecule has 0 aromatic heterocycles. The Hall–Kier alpha value is -1.35. The van der Waals surface area contributed by atoms with Crippen LogP contribution in [0.2, 0.25) is 0 Å². The van der Waals surface area contributed by atoms with Gasteiger partial charge < -0.3 is 9.84 Å². The third-order valence-corrected chi connectivity index (χ3v) is 5.75. The number of rotatable bonds is 4. The SMILES string of the molecule is Br.CC(=O)OCC1=C(C(=O)O)N2C(=O)C(N=C3CCCCC3)[C@H]2SC1. The number of aliphatic carboxylic acids is 1. The summed E-state index contributed by atoms with van der Waals surface area (Å²) < 4.78 is 4.91. The Labute approximate surface area is 160 Å². The van der Waals surface area contributed by atoms with Crippen LogP contribution in [0.15, 0.2) is 16.3 Å². The summed E-state index contributed by atoms with van der Waals surface area (Å²) in [4.78, 5) is 40.9. The number of hydrogen-bond donors (Lipinski definition) is 1. The Morgan fingerprint density at radius 1 is 1.32 bits per heavy atom. The van der Waals surface area contributed by atoms with Crippen LogP contribution in [0.5, 0.6) is 0 Å². The van der Waals surface area contributed by atoms with E-state index >= 15 is 0 Å². The molecule has 3 rings (SSSR count). The molecule has 25 heavy (non-hydrogen) atoms. The standard InChI is InChI=1S/C16H20N2O5S.BrH/c1-9(19)23-7-10-8-24-15-12(17-11-5-3-2-4-6-11)14(20)18(15)13(10)16(21)22;/h12,15H,2-8H2,1H3,(H,21,22);1H/t12?,15-;/m1./s1. The third kappa shape index (κ3) is 4.08. The van der Waals surface area contributed by atoms with E-state index in [2.05, 4.69) is 4.99 Å². The Bertz CT molecular complexity index is 640. The lowest BCUT2D eigenvalue weighted by atomic mass is 9.97. The summed E-state index contributed by atoms with van der Waals surface area (Å²) in [6.07, 6.45) is 5.27. The lowest BCUT2D eigenvalue weighted by Crippen LogP contribution is -2.64. The van der Waals surface area contributed by atoms with Crippen LogP contribution in [0.1, 0.15) is 39.0 Å². The number of carboxylic acids is 1. The number of halogens is 1. The van der Waals surface area contributed by atoms with Crippen molar-refractivity contribution >= 4 is 52.3 Å². The van der Waals surface area contributed by atoms with Gasteiger partial charge in [0.2, 0.25) is 0 Å². The largest absolute Gasteiger partial charge is 0.477 e. The summed E-state index contributed by atoms with van der Waals surface area (Å²) in [6, 6.07) is -0.479. The predicted molar refractivity (Wildman–Crippen MR) is 99.0 cm³/mol. The molecule has 0 bridgehead atoms. The van der Waals surface area contributed by atoms with Gasteiger partial charge in [-0.15, -0.1) is 28.7 Å². The van der Waals surface area contributed by atoms with Crippen molar-refractivity contribution in [2.45, 2.75) is 50.4 Å². The number of nitrogens with zero attached hydrogens (tertiary/aromatic N) is 2. The van der Waals surface area contributed by atoms with E-state index in [0.29, 0.717) is 11.3 Å². The van der Waals surface area contributed by atoms with Gasteiger partial charge in [-0.05, 0) is 25.7 Å². The molecule has 0 radical (unpaired) electrons. The van der Waals surface area contributed by atoms with Crippen molar-refractivity contribution in [3.05, 3.63) is 11.3 Å². The molecule has 1 unspecified atom stereocenters. The highest BCUT2D eigenvalue weighted by atomic mass is 79.9. The lowest BCUT2D eigenvalue weighted by molar-refractivity contribution is -0.148. The van der Waals surface area contributed by atoms with Crippen molar-refractivity contribution in [2.24, 2.45) is 4.99 Å². The van der Waals surface area contributed by atoms with Crippen LogP contribution in [-0.4, -0.2) is 57.3 Å². The van der Waals surface area contributed by atoms with E-state index in [9.17, 15) is 19.5 Å². The van der Waals surface area contributed by atoms with Gasteiger partial charge in [-0.1, -0.05) is 6.42 Å². The van der Waals surface area contributed by atoms with Crippen LogP contribution in [0.25, 0.3) is 0 Å². The van der Waals surface area contributed by atoms with Crippen LogP contribution in [0.4, 0.5) is 0 Å². The second-order valence-corrected chi connectivity index (χ2v) is 7.25. The Kier molecular flexibility index (Phi) is 6.67. The highest BCUT2D eigenvalue weighted by Gasteiger charge is 2.53. The topological polar surface area (TPSA) is 96.3 Å². The lowest BCUT2D eigenvalue weighted by Gasteiger charge is -2.48. The van der Waals surface area contributed by atoms with Gasteiger partial charge in [0.1, 0.15) is 17.7 Å². The number of carbonyl (C=O) groups excluding carboxylic acids is 2. The molecule has 3 aliphatic rings. The molecule has 0 aromatic rings. The Morgan fingerprint density at radius 2 is 2.00 bits per heavy atom. The van der Waals surface area contributed by atoms with Gasteiger partial charge in [0.15, 0.2) is 6.04 Å². The van der Waals surface area contributed by atoms with Crippen LogP contribution in [0, 0.1) is 0 Å². The zero-order valence-electron chi connectivity index (χ0n) is 13.9. The van der Waals surface area contributed by atoms with E-state index in [1.54, 1.807) is 0 Å². The number of hydrogen-bond acceptors (Lipinski definition) is 6. The summed E-state index contributed by atoms with van der Waals surface area (Å²) in [6.45, 7) is 1.17. The fraction of sp³-hybridized carbons (Fsp3) is 0.625. The normalized spacial score (nSPS) is 25.6. The molecule has 1 aliphatic carbocycles. The Balaban J connectivity index is 0.00000225. The average molecular weight is 433 g/mol. The van der Waals surface area contributed by atoms with Crippen molar-refractivity contribution in [1.29, 1.82) is 0 Å². The van der Waals surface area contributed by atoms with Gasteiger partial charge in [0, 0.05) is 24.0 Å². The van der Waals surface area contributed by atoms with E-state index in [0.717, 1.165) is 31.4 Å². The number of carbonyl (C=O) groups is 3. The molecule has 0 spiro atoms. The van der Waals surface area contributed by atoms with Crippen molar-refractivity contribution in [3.8, 4) is 0 Å². The Morgan fingerprint density at radius 3 is 2.60 bits per heavy atom. The van der Waals surface area contributed by atoms with E-state index < -0.39 is 18.0 Å². The van der Waals surface area contributed by atoms with Gasteiger partial charge >= 0.3 is 11.9 Å². The van der Waals surface area contributed by atoms with E-state index in [4.69, 9.17) is 4.74 Å². The third-order valence-electron chi connectivity index (χ3n) is 4.42. The zero-order valence-corrected chi connectivity index (χ0v) is 16.4. The van der Waals surface area contributed by atoms with E-state index in [-0.39, 0.29) is 40.6 Å². The van der Waals surface area contributed by atoms with Gasteiger partial charge in [-0.3, -0.25) is 19.5 Å². The molecule has 1 saturated heterocycles. The fourth-order valence-corrected chi connectivity index (χ4v) is 4.54. The quantitative estimate of drug-likeness (QED) is 0.539. The second-order valence-electron chi connectivity index (χ2n) is 6.15. The first-order chi connectivity index (χ1) is 11.5. The molecular formula is C16H21BrN2O5S. The first-order valence-electron chi connectivity index (χ1n) is 8.08. The van der Waals surface area contributed by atoms with E-state index in [1.165, 1.54) is 30.0 Å². The zero-order chi connectivity index (χ0) is 17.3. The smallest absolute Gasteiger partial charge is 0.352 e. The van der Waals surface area contributed by atoms with Crippen LogP contribution < -0.4 is 0 Å². The highest BCUT2D eigenvalue weighted by molar-refractivity contribution is 8.93. The summed E-state index contributed by atoms with van der Waals surface area (Å²) in [5.74, 6) is -1.50. The maximum absolute atomic E-state index is 12.5. The number of fused-ring (bicyclic) bond motifs is 1. The summed E-state index contributed by atoms with van der Waals surface area (Å²) >= 11 is 1.48. The van der Waals surface area contributed by atoms with Crippen molar-refractivity contribution < 1.29 is 24.2 Å². The number of β-lactam (4-membered cyclic amide) rings is 1. The van der Waals surface area contributed by atoms with Gasteiger partial charge in [-0.2, -0.15) is 0 Å². The summed E-state index contributed by atoms with van der Waals surface area (Å²) in [7, 11) is 0. The van der Waals surface area contributed by atoms with Crippen LogP contribution in [-0.2, 0) is 19.1 Å². The molecule has 1 saturated carbocycles. The number of ether oxygens (including phenoxy) is 1. The van der Waals surface area contributed by atoms with E-state index in [1.807, 2.05) is 0 Å². The number of amides is 1. The van der Waals surface area contributed by atoms with Crippen molar-refractivity contribution in [2.75, 3.05) is 12.4 Å². The van der Waals surface area contributed by atoms with Crippen LogP contribution >= 0.6 is 28.7 Å². The molecule has 2 aliphatic heterocycles. The highest BCUT2D eigenvalue weighted by Crippen LogP contribution is 2.42. The summed E-state index contributed by atoms with van der Waals surface area (Å²) in [5.41, 5.74) is 1.48. The van der Waals surface area contributed by atoms with Gasteiger partial charge in [0.05, 0.1) is 0 Å². The molecule has 138 valence electrons. The molecule has 9 heteroatoms. The molecule has 1 N–H and O–H groups in total. The fourth-order valence-electron chi connectivity index (χ4n) is 3.23. The van der Waals surface area contributed by atoms with Gasteiger partial charge in [0.25, 0.3) is 5.91 Å². The minimum atomic E-state index is -1.17. The number of aliphatic imine (C=N–C) groups is 1. The molecule has 2 atom stereocenters. The maximum atomic E-state index is 12.5. The minimum Gasteiger partial charge on any atom is -0.477 e. The van der Waals surface area contributed by atoms with Crippen molar-refractivity contribution in [3.63, 3.8) is 0 Å². The molecule has 1 amide bonds. The number of thioether (sulfide) groups is 1. The molecule has 7 nitrogen and oxygen atoms in total. The number of esters is 1. The molecule has 2 fully saturated rings. The maximum Gasteiger partial charge on any atom is 0.352 e. The van der Waals surface area contributed by atoms with Gasteiger partial charge in [-0.25, -0.2) is 4.79 Å². The van der Waals surface area contributed by atoms with Crippen molar-refractivity contribution in [1.82, 2.24) is 4.90 Å². The molecular weight excluding hydrogens is 412 g/mol. The first kappa shape index (κ1) is 20.0. The number of carboxylic acid groups (broad SMARTS) is 1. The second kappa shape index (κ2) is 8.35. The predicted octanol–water partition coefficient (Wildman–Crippen LogP) is 2.15. The van der Waals surface area contributed by atoms with Crippen LogP contribution in [0.3, 0.4) is 0 Å². The summed E-state index contributed by atoms with van der Waals surface area (Å²) in [5, 5.41) is 9.22.